The van der Waals surface area contributed by atoms with Crippen LogP contribution in [0.1, 0.15) is 18.4 Å². The van der Waals surface area contributed by atoms with Crippen molar-refractivity contribution in [3.8, 4) is 11.5 Å². The van der Waals surface area contributed by atoms with Crippen molar-refractivity contribution in [2.75, 3.05) is 42.8 Å². The normalized spacial score (nSPS) is 13.4. The zero-order valence-corrected chi connectivity index (χ0v) is 16.4. The molecule has 0 spiro atoms. The second-order valence-corrected chi connectivity index (χ2v) is 6.62. The van der Waals surface area contributed by atoms with Gasteiger partial charge in [0, 0.05) is 36.1 Å². The molecule has 7 heteroatoms. The largest absolute Gasteiger partial charge is 0.493 e. The second kappa shape index (κ2) is 8.65. The first kappa shape index (κ1) is 19.5. The minimum absolute atomic E-state index is 0.114. The van der Waals surface area contributed by atoms with Crippen molar-refractivity contribution in [1.82, 2.24) is 0 Å². The molecule has 1 aliphatic rings. The molecule has 0 atom stereocenters. The lowest BCUT2D eigenvalue weighted by Gasteiger charge is -2.16. The molecule has 2 aromatic rings. The zero-order valence-electron chi connectivity index (χ0n) is 16.4. The van der Waals surface area contributed by atoms with Gasteiger partial charge in [-0.3, -0.25) is 9.59 Å². The smallest absolute Gasteiger partial charge is 0.243 e. The van der Waals surface area contributed by atoms with Gasteiger partial charge in [-0.15, -0.1) is 0 Å². The number of hydrogen-bond donors (Lipinski definition) is 2. The van der Waals surface area contributed by atoms with Gasteiger partial charge in [0.1, 0.15) is 0 Å². The fraction of sp³-hybridized carbons (Fsp3) is 0.333. The number of carbonyl (C=O) groups excluding carboxylic acids is 2. The van der Waals surface area contributed by atoms with Gasteiger partial charge in [-0.25, -0.2) is 0 Å². The standard InChI is InChI=1S/C21H25N3O4/c1-14-11-18(27-2)19(28-3)12-17(14)22-13-20(25)23-15-6-8-16(9-7-15)24-10-4-5-21(24)26/h6-9,11-12,22H,4-5,10,13H2,1-3H3,(H,23,25). The molecular weight excluding hydrogens is 358 g/mol. The van der Waals surface area contributed by atoms with E-state index >= 15 is 0 Å². The van der Waals surface area contributed by atoms with Gasteiger partial charge in [0.25, 0.3) is 0 Å². The van der Waals surface area contributed by atoms with Crippen LogP contribution in [0.2, 0.25) is 0 Å². The van der Waals surface area contributed by atoms with Crippen molar-refractivity contribution in [2.24, 2.45) is 0 Å². The summed E-state index contributed by atoms with van der Waals surface area (Å²) in [6.45, 7) is 2.79. The molecule has 1 heterocycles. The molecule has 2 N–H and O–H groups in total. The Balaban J connectivity index is 1.58. The molecule has 0 saturated carbocycles. The highest BCUT2D eigenvalue weighted by Gasteiger charge is 2.21. The summed E-state index contributed by atoms with van der Waals surface area (Å²) < 4.78 is 10.6. The van der Waals surface area contributed by atoms with Gasteiger partial charge >= 0.3 is 0 Å². The Bertz CT molecular complexity index is 865. The Labute approximate surface area is 164 Å². The van der Waals surface area contributed by atoms with Crippen LogP contribution in [0.3, 0.4) is 0 Å². The number of aryl methyl sites for hydroxylation is 1. The highest BCUT2D eigenvalue weighted by molar-refractivity contribution is 5.96. The van der Waals surface area contributed by atoms with Crippen LogP contribution in [0.4, 0.5) is 17.1 Å². The molecule has 1 fully saturated rings. The maximum absolute atomic E-state index is 12.3. The molecule has 2 amide bonds. The van der Waals surface area contributed by atoms with Crippen molar-refractivity contribution in [3.63, 3.8) is 0 Å². The van der Waals surface area contributed by atoms with Crippen LogP contribution in [-0.4, -0.2) is 39.1 Å². The third-order valence-electron chi connectivity index (χ3n) is 4.71. The molecule has 0 radical (unpaired) electrons. The lowest BCUT2D eigenvalue weighted by molar-refractivity contribution is -0.117. The van der Waals surface area contributed by atoms with Crippen LogP contribution < -0.4 is 25.0 Å². The van der Waals surface area contributed by atoms with E-state index in [9.17, 15) is 9.59 Å². The third-order valence-corrected chi connectivity index (χ3v) is 4.71. The third kappa shape index (κ3) is 4.36. The monoisotopic (exact) mass is 383 g/mol. The van der Waals surface area contributed by atoms with Crippen molar-refractivity contribution in [1.29, 1.82) is 0 Å². The molecule has 3 rings (SSSR count). The molecule has 0 aliphatic carbocycles. The maximum Gasteiger partial charge on any atom is 0.243 e. The SMILES string of the molecule is COc1cc(C)c(NCC(=O)Nc2ccc(N3CCCC3=O)cc2)cc1OC. The Morgan fingerprint density at radius 1 is 1.11 bits per heavy atom. The molecular formula is C21H25N3O4. The minimum atomic E-state index is -0.167. The van der Waals surface area contributed by atoms with Crippen LogP contribution in [-0.2, 0) is 9.59 Å². The summed E-state index contributed by atoms with van der Waals surface area (Å²) in [5, 5.41) is 5.97. The first-order valence-electron chi connectivity index (χ1n) is 9.18. The van der Waals surface area contributed by atoms with E-state index < -0.39 is 0 Å². The van der Waals surface area contributed by atoms with E-state index in [1.165, 1.54) is 0 Å². The van der Waals surface area contributed by atoms with E-state index in [0.717, 1.165) is 29.9 Å². The number of benzene rings is 2. The van der Waals surface area contributed by atoms with Crippen LogP contribution in [0.5, 0.6) is 11.5 Å². The van der Waals surface area contributed by atoms with E-state index in [-0.39, 0.29) is 18.4 Å². The number of carbonyl (C=O) groups is 2. The van der Waals surface area contributed by atoms with Crippen LogP contribution in [0.25, 0.3) is 0 Å². The predicted octanol–water partition coefficient (Wildman–Crippen LogP) is 3.19. The molecule has 0 aromatic heterocycles. The van der Waals surface area contributed by atoms with Crippen molar-refractivity contribution < 1.29 is 19.1 Å². The fourth-order valence-corrected chi connectivity index (χ4v) is 3.20. The topological polar surface area (TPSA) is 79.9 Å². The van der Waals surface area contributed by atoms with E-state index in [0.29, 0.717) is 23.6 Å². The number of anilines is 3. The van der Waals surface area contributed by atoms with Crippen molar-refractivity contribution in [2.45, 2.75) is 19.8 Å². The Morgan fingerprint density at radius 3 is 2.39 bits per heavy atom. The molecule has 0 unspecified atom stereocenters. The van der Waals surface area contributed by atoms with E-state index in [2.05, 4.69) is 10.6 Å². The lowest BCUT2D eigenvalue weighted by Crippen LogP contribution is -2.24. The number of hydrogen-bond acceptors (Lipinski definition) is 5. The van der Waals surface area contributed by atoms with Crippen molar-refractivity contribution >= 4 is 28.9 Å². The van der Waals surface area contributed by atoms with E-state index in [1.807, 2.05) is 31.2 Å². The highest BCUT2D eigenvalue weighted by Crippen LogP contribution is 2.32. The number of rotatable bonds is 7. The summed E-state index contributed by atoms with van der Waals surface area (Å²) >= 11 is 0. The summed E-state index contributed by atoms with van der Waals surface area (Å²) in [6.07, 6.45) is 1.48. The zero-order chi connectivity index (χ0) is 20.1. The second-order valence-electron chi connectivity index (χ2n) is 6.62. The summed E-state index contributed by atoms with van der Waals surface area (Å²) in [6, 6.07) is 11.0. The number of ether oxygens (including phenoxy) is 2. The van der Waals surface area contributed by atoms with E-state index in [4.69, 9.17) is 9.47 Å². The fourth-order valence-electron chi connectivity index (χ4n) is 3.20. The van der Waals surface area contributed by atoms with Crippen molar-refractivity contribution in [3.05, 3.63) is 42.0 Å². The predicted molar refractivity (Wildman–Crippen MR) is 109 cm³/mol. The summed E-state index contributed by atoms with van der Waals surface area (Å²) in [7, 11) is 3.16. The molecule has 7 nitrogen and oxygen atoms in total. The van der Waals surface area contributed by atoms with Crippen LogP contribution in [0, 0.1) is 6.92 Å². The molecule has 1 aliphatic heterocycles. The Hall–Kier alpha value is -3.22. The summed E-state index contributed by atoms with van der Waals surface area (Å²) in [5.41, 5.74) is 3.30. The minimum Gasteiger partial charge on any atom is -0.493 e. The first-order chi connectivity index (χ1) is 13.5. The summed E-state index contributed by atoms with van der Waals surface area (Å²) in [4.78, 5) is 25.8. The van der Waals surface area contributed by atoms with Gasteiger partial charge < -0.3 is 25.0 Å². The van der Waals surface area contributed by atoms with Gasteiger partial charge in [-0.1, -0.05) is 0 Å². The van der Waals surface area contributed by atoms with Crippen LogP contribution in [0.15, 0.2) is 36.4 Å². The maximum atomic E-state index is 12.3. The molecule has 28 heavy (non-hydrogen) atoms. The van der Waals surface area contributed by atoms with Crippen LogP contribution >= 0.6 is 0 Å². The summed E-state index contributed by atoms with van der Waals surface area (Å²) in [5.74, 6) is 1.22. The molecule has 2 aromatic carbocycles. The van der Waals surface area contributed by atoms with E-state index in [1.54, 1.807) is 31.3 Å². The Kier molecular flexibility index (Phi) is 6.03. The number of amides is 2. The average molecular weight is 383 g/mol. The van der Waals surface area contributed by atoms with Gasteiger partial charge in [0.2, 0.25) is 11.8 Å². The van der Waals surface area contributed by atoms with Gasteiger partial charge in [-0.2, -0.15) is 0 Å². The first-order valence-corrected chi connectivity index (χ1v) is 9.18. The molecule has 1 saturated heterocycles. The van der Waals surface area contributed by atoms with Gasteiger partial charge in [0.15, 0.2) is 11.5 Å². The lowest BCUT2D eigenvalue weighted by atomic mass is 10.1. The average Bonchev–Trinajstić information content (AvgIpc) is 3.13. The Morgan fingerprint density at radius 2 is 1.79 bits per heavy atom. The molecule has 0 bridgehead atoms. The number of methoxy groups -OCH3 is 2. The van der Waals surface area contributed by atoms with Gasteiger partial charge in [-0.05, 0) is 49.2 Å². The highest BCUT2D eigenvalue weighted by atomic mass is 16.5. The number of nitrogens with one attached hydrogen (secondary N) is 2. The number of nitrogens with zero attached hydrogens (tertiary/aromatic N) is 1. The van der Waals surface area contributed by atoms with Gasteiger partial charge in [0.05, 0.1) is 20.8 Å². The molecule has 148 valence electrons. The quantitative estimate of drug-likeness (QED) is 0.768.